The van der Waals surface area contributed by atoms with Gasteiger partial charge in [0.05, 0.1) is 13.7 Å². The van der Waals surface area contributed by atoms with Crippen LogP contribution < -0.4 is 5.32 Å². The van der Waals surface area contributed by atoms with Crippen LogP contribution in [0.25, 0.3) is 0 Å². The first kappa shape index (κ1) is 13.3. The molecular weight excluding hydrogens is 208 g/mol. The number of carbonyl (C=O) groups is 1. The zero-order valence-electron chi connectivity index (χ0n) is 10.2. The van der Waals surface area contributed by atoms with Crippen LogP contribution >= 0.6 is 0 Å². The number of aliphatic hydroxyl groups is 1. The number of methoxy groups -OCH3 is 1. The summed E-state index contributed by atoms with van der Waals surface area (Å²) in [6, 6.07) is 0. The number of fused-ring (bicyclic) bond motifs is 1. The smallest absolute Gasteiger partial charge is 0.406 e. The maximum absolute atomic E-state index is 9.85. The Morgan fingerprint density at radius 1 is 1.44 bits per heavy atom. The largest absolute Gasteiger partial charge is 0.453 e. The first-order valence-electron chi connectivity index (χ1n) is 5.80. The normalized spacial score (nSPS) is 21.9. The number of ether oxygens (including phenoxy) is 1. The highest BCUT2D eigenvalue weighted by Crippen LogP contribution is 2.37. The van der Waals surface area contributed by atoms with Crippen molar-refractivity contribution in [3.8, 4) is 0 Å². The summed E-state index contributed by atoms with van der Waals surface area (Å²) < 4.78 is 4.15. The average Bonchev–Trinajstić information content (AvgIpc) is 2.87. The van der Waals surface area contributed by atoms with Crippen LogP contribution in [-0.4, -0.2) is 55.5 Å². The van der Waals surface area contributed by atoms with Crippen molar-refractivity contribution < 1.29 is 14.6 Å². The number of rotatable bonds is 1. The molecule has 5 nitrogen and oxygen atoms in total. The van der Waals surface area contributed by atoms with E-state index in [-0.39, 0.29) is 5.54 Å². The molecule has 2 fully saturated rings. The minimum atomic E-state index is -0.407. The standard InChI is InChI=1S/C8H15NO.C3H7NO2/c10-7-8-3-1-5-9(8)6-2-4-8;1-4-3(5)6-2/h10H,1-7H2;1-2H3,(H,4,5). The molecule has 2 saturated heterocycles. The third-order valence-electron chi connectivity index (χ3n) is 3.49. The maximum Gasteiger partial charge on any atom is 0.406 e. The Morgan fingerprint density at radius 3 is 2.25 bits per heavy atom. The van der Waals surface area contributed by atoms with E-state index in [1.165, 1.54) is 52.9 Å². The van der Waals surface area contributed by atoms with Crippen LogP contribution in [0.2, 0.25) is 0 Å². The Labute approximate surface area is 96.8 Å². The third kappa shape index (κ3) is 2.86. The van der Waals surface area contributed by atoms with Gasteiger partial charge in [-0.25, -0.2) is 4.79 Å². The molecule has 2 rings (SSSR count). The number of aliphatic hydroxyl groups excluding tert-OH is 1. The van der Waals surface area contributed by atoms with Gasteiger partial charge < -0.3 is 15.2 Å². The molecule has 0 bridgehead atoms. The predicted molar refractivity (Wildman–Crippen MR) is 61.3 cm³/mol. The number of nitrogens with zero attached hydrogens (tertiary/aromatic N) is 1. The lowest BCUT2D eigenvalue weighted by molar-refractivity contribution is 0.0999. The molecule has 2 heterocycles. The van der Waals surface area contributed by atoms with Crippen molar-refractivity contribution in [1.29, 1.82) is 0 Å². The maximum atomic E-state index is 9.85. The second-order valence-corrected chi connectivity index (χ2v) is 4.32. The van der Waals surface area contributed by atoms with Crippen molar-refractivity contribution >= 4 is 6.09 Å². The van der Waals surface area contributed by atoms with Crippen LogP contribution in [0.4, 0.5) is 4.79 Å². The molecule has 0 aromatic carbocycles. The number of hydrogen-bond donors (Lipinski definition) is 2. The topological polar surface area (TPSA) is 61.8 Å². The lowest BCUT2D eigenvalue weighted by Gasteiger charge is -2.29. The molecule has 0 atom stereocenters. The Morgan fingerprint density at radius 2 is 2.00 bits per heavy atom. The molecule has 0 aromatic heterocycles. The molecule has 2 N–H and O–H groups in total. The Kier molecular flexibility index (Phi) is 5.02. The summed E-state index contributed by atoms with van der Waals surface area (Å²) in [5.41, 5.74) is 0.236. The van der Waals surface area contributed by atoms with Gasteiger partial charge in [0, 0.05) is 12.6 Å². The zero-order chi connectivity index (χ0) is 12.0. The molecule has 0 radical (unpaired) electrons. The van der Waals surface area contributed by atoms with Crippen molar-refractivity contribution in [3.63, 3.8) is 0 Å². The van der Waals surface area contributed by atoms with Crippen LogP contribution in [-0.2, 0) is 4.74 Å². The molecule has 16 heavy (non-hydrogen) atoms. The first-order chi connectivity index (χ1) is 7.68. The van der Waals surface area contributed by atoms with E-state index in [2.05, 4.69) is 15.0 Å². The Balaban J connectivity index is 0.000000187. The Hall–Kier alpha value is -0.810. The number of nitrogens with one attached hydrogen (secondary N) is 1. The summed E-state index contributed by atoms with van der Waals surface area (Å²) in [7, 11) is 2.82. The van der Waals surface area contributed by atoms with Crippen molar-refractivity contribution in [2.75, 3.05) is 33.9 Å². The van der Waals surface area contributed by atoms with Gasteiger partial charge in [0.15, 0.2) is 0 Å². The van der Waals surface area contributed by atoms with Gasteiger partial charge in [0.1, 0.15) is 0 Å². The van der Waals surface area contributed by atoms with Crippen molar-refractivity contribution in [2.45, 2.75) is 31.2 Å². The van der Waals surface area contributed by atoms with E-state index in [0.29, 0.717) is 6.61 Å². The second kappa shape index (κ2) is 6.06. The number of carbonyl (C=O) groups excluding carboxylic acids is 1. The van der Waals surface area contributed by atoms with Crippen LogP contribution in [0.15, 0.2) is 0 Å². The molecular formula is C11H22N2O3. The molecule has 2 aliphatic rings. The van der Waals surface area contributed by atoms with Crippen LogP contribution in [0.5, 0.6) is 0 Å². The van der Waals surface area contributed by atoms with Crippen LogP contribution in [0, 0.1) is 0 Å². The van der Waals surface area contributed by atoms with Gasteiger partial charge in [0.2, 0.25) is 0 Å². The molecule has 2 aliphatic heterocycles. The quantitative estimate of drug-likeness (QED) is 0.691. The third-order valence-corrected chi connectivity index (χ3v) is 3.49. The van der Waals surface area contributed by atoms with E-state index in [9.17, 15) is 9.90 Å². The first-order valence-corrected chi connectivity index (χ1v) is 5.80. The molecule has 5 heteroatoms. The lowest BCUT2D eigenvalue weighted by atomic mass is 9.96. The van der Waals surface area contributed by atoms with E-state index >= 15 is 0 Å². The van der Waals surface area contributed by atoms with E-state index in [1.807, 2.05) is 0 Å². The van der Waals surface area contributed by atoms with Gasteiger partial charge >= 0.3 is 6.09 Å². The minimum Gasteiger partial charge on any atom is -0.453 e. The van der Waals surface area contributed by atoms with Gasteiger partial charge in [-0.3, -0.25) is 4.90 Å². The minimum absolute atomic E-state index is 0.236. The van der Waals surface area contributed by atoms with Crippen molar-refractivity contribution in [2.24, 2.45) is 0 Å². The fraction of sp³-hybridized carbons (Fsp3) is 0.909. The highest BCUT2D eigenvalue weighted by Gasteiger charge is 2.43. The van der Waals surface area contributed by atoms with E-state index < -0.39 is 6.09 Å². The fourth-order valence-electron chi connectivity index (χ4n) is 2.59. The number of amides is 1. The summed E-state index contributed by atoms with van der Waals surface area (Å²) >= 11 is 0. The van der Waals surface area contributed by atoms with E-state index in [0.717, 1.165) is 0 Å². The highest BCUT2D eigenvalue weighted by molar-refractivity contribution is 5.66. The Bertz CT molecular complexity index is 217. The second-order valence-electron chi connectivity index (χ2n) is 4.32. The van der Waals surface area contributed by atoms with Crippen LogP contribution in [0.1, 0.15) is 25.7 Å². The number of alkyl carbamates (subject to hydrolysis) is 1. The average molecular weight is 230 g/mol. The van der Waals surface area contributed by atoms with Gasteiger partial charge in [-0.15, -0.1) is 0 Å². The monoisotopic (exact) mass is 230 g/mol. The van der Waals surface area contributed by atoms with Crippen molar-refractivity contribution in [1.82, 2.24) is 10.2 Å². The predicted octanol–water partition coefficient (Wildman–Crippen LogP) is 0.579. The van der Waals surface area contributed by atoms with E-state index in [1.54, 1.807) is 0 Å². The molecule has 0 spiro atoms. The molecule has 94 valence electrons. The van der Waals surface area contributed by atoms with E-state index in [4.69, 9.17) is 0 Å². The summed E-state index contributed by atoms with van der Waals surface area (Å²) in [4.78, 5) is 12.3. The molecule has 0 unspecified atom stereocenters. The zero-order valence-corrected chi connectivity index (χ0v) is 10.2. The fourth-order valence-corrected chi connectivity index (χ4v) is 2.59. The van der Waals surface area contributed by atoms with Crippen molar-refractivity contribution in [3.05, 3.63) is 0 Å². The SMILES string of the molecule is CNC(=O)OC.OCC12CCCN1CCC2. The number of hydrogen-bond acceptors (Lipinski definition) is 4. The molecule has 0 saturated carbocycles. The summed E-state index contributed by atoms with van der Waals surface area (Å²) in [6.45, 7) is 2.83. The molecule has 0 aromatic rings. The van der Waals surface area contributed by atoms with Crippen LogP contribution in [0.3, 0.4) is 0 Å². The highest BCUT2D eigenvalue weighted by atomic mass is 16.5. The molecule has 1 amide bonds. The molecule has 0 aliphatic carbocycles. The van der Waals surface area contributed by atoms with Gasteiger partial charge in [0.25, 0.3) is 0 Å². The summed E-state index contributed by atoms with van der Waals surface area (Å²) in [5, 5.41) is 11.4. The van der Waals surface area contributed by atoms with Gasteiger partial charge in [-0.05, 0) is 38.8 Å². The lowest BCUT2D eigenvalue weighted by Crippen LogP contribution is -2.41. The van der Waals surface area contributed by atoms with Gasteiger partial charge in [-0.2, -0.15) is 0 Å². The summed E-state index contributed by atoms with van der Waals surface area (Å²) in [5.74, 6) is 0. The summed E-state index contributed by atoms with van der Waals surface area (Å²) in [6.07, 6.45) is 4.63. The van der Waals surface area contributed by atoms with Gasteiger partial charge in [-0.1, -0.05) is 0 Å².